The van der Waals surface area contributed by atoms with Gasteiger partial charge in [-0.3, -0.25) is 9.98 Å². The van der Waals surface area contributed by atoms with Crippen molar-refractivity contribution in [3.8, 4) is 17.0 Å². The SMILES string of the molecule is C=C(S/C(C)=C\C)C(C)N=C(N/C=C/CC)c1cc(-c2ccc(C)cn2)cc(OC2CCOCC2)c1C.CC. The number of benzene rings is 1. The van der Waals surface area contributed by atoms with E-state index in [1.165, 1.54) is 4.91 Å². The lowest BCUT2D eigenvalue weighted by Gasteiger charge is -2.25. The Balaban J connectivity index is 0.00000260. The molecule has 0 spiro atoms. The Morgan fingerprint density at radius 2 is 1.97 bits per heavy atom. The van der Waals surface area contributed by atoms with E-state index in [9.17, 15) is 0 Å². The fourth-order valence-corrected chi connectivity index (χ4v) is 4.63. The second-order valence-corrected chi connectivity index (χ2v) is 10.7. The van der Waals surface area contributed by atoms with Crippen LogP contribution in [0.15, 0.2) is 70.2 Å². The molecular weight excluding hydrogens is 502 g/mol. The van der Waals surface area contributed by atoms with Crippen LogP contribution in [0.1, 0.15) is 77.5 Å². The number of nitrogens with zero attached hydrogens (tertiary/aromatic N) is 2. The number of aromatic nitrogens is 1. The number of hydrogen-bond donors (Lipinski definition) is 1. The van der Waals surface area contributed by atoms with E-state index >= 15 is 0 Å². The molecule has 1 aromatic carbocycles. The van der Waals surface area contributed by atoms with Gasteiger partial charge in [0, 0.05) is 40.6 Å². The first kappa shape index (κ1) is 32.4. The van der Waals surface area contributed by atoms with E-state index in [0.717, 1.165) is 76.9 Å². The second-order valence-electron chi connectivity index (χ2n) is 9.37. The van der Waals surface area contributed by atoms with Crippen molar-refractivity contribution in [3.63, 3.8) is 0 Å². The Kier molecular flexibility index (Phi) is 14.1. The van der Waals surface area contributed by atoms with Crippen molar-refractivity contribution in [1.82, 2.24) is 10.3 Å². The highest BCUT2D eigenvalue weighted by Gasteiger charge is 2.21. The molecule has 1 unspecified atom stereocenters. The summed E-state index contributed by atoms with van der Waals surface area (Å²) in [5.74, 6) is 1.65. The van der Waals surface area contributed by atoms with Gasteiger partial charge in [0.05, 0.1) is 24.9 Å². The average molecular weight is 550 g/mol. The van der Waals surface area contributed by atoms with Crippen molar-refractivity contribution >= 4 is 17.6 Å². The third-order valence-electron chi connectivity index (χ3n) is 6.35. The molecule has 0 bridgehead atoms. The second kappa shape index (κ2) is 17.0. The number of ether oxygens (including phenoxy) is 2. The number of aliphatic imine (C=N–C) groups is 1. The maximum atomic E-state index is 6.57. The molecule has 0 amide bonds. The third kappa shape index (κ3) is 10.0. The summed E-state index contributed by atoms with van der Waals surface area (Å²) in [6.45, 7) is 22.3. The molecule has 0 radical (unpaired) electrons. The van der Waals surface area contributed by atoms with Gasteiger partial charge in [0.2, 0.25) is 0 Å². The topological polar surface area (TPSA) is 55.7 Å². The van der Waals surface area contributed by atoms with Crippen molar-refractivity contribution in [2.75, 3.05) is 13.2 Å². The van der Waals surface area contributed by atoms with Gasteiger partial charge in [-0.15, -0.1) is 0 Å². The summed E-state index contributed by atoms with van der Waals surface area (Å²) in [7, 11) is 0. The first-order chi connectivity index (χ1) is 18.8. The smallest absolute Gasteiger partial charge is 0.133 e. The quantitative estimate of drug-likeness (QED) is 0.237. The summed E-state index contributed by atoms with van der Waals surface area (Å²) in [5.41, 5.74) is 5.08. The molecule has 1 aliphatic heterocycles. The first-order valence-corrected chi connectivity index (χ1v) is 14.9. The molecule has 6 heteroatoms. The Hall–Kier alpha value is -2.83. The van der Waals surface area contributed by atoms with Gasteiger partial charge in [0.25, 0.3) is 0 Å². The van der Waals surface area contributed by atoms with Gasteiger partial charge in [-0.05, 0) is 75.9 Å². The third-order valence-corrected chi connectivity index (χ3v) is 7.51. The summed E-state index contributed by atoms with van der Waals surface area (Å²) in [6.07, 6.45) is 10.9. The number of rotatable bonds is 10. The van der Waals surface area contributed by atoms with Crippen LogP contribution in [0.2, 0.25) is 0 Å². The van der Waals surface area contributed by atoms with Crippen molar-refractivity contribution in [1.29, 1.82) is 0 Å². The van der Waals surface area contributed by atoms with Gasteiger partial charge in [-0.2, -0.15) is 0 Å². The normalized spacial score (nSPS) is 15.5. The van der Waals surface area contributed by atoms with Crippen molar-refractivity contribution in [2.24, 2.45) is 4.99 Å². The number of nitrogens with one attached hydrogen (secondary N) is 1. The van der Waals surface area contributed by atoms with E-state index in [4.69, 9.17) is 19.5 Å². The fraction of sp³-hybridized carbons (Fsp3) is 0.455. The van der Waals surface area contributed by atoms with Crippen molar-refractivity contribution < 1.29 is 9.47 Å². The number of amidine groups is 1. The lowest BCUT2D eigenvalue weighted by Crippen LogP contribution is -2.27. The summed E-state index contributed by atoms with van der Waals surface area (Å²) >= 11 is 1.67. The summed E-state index contributed by atoms with van der Waals surface area (Å²) < 4.78 is 12.1. The lowest BCUT2D eigenvalue weighted by atomic mass is 9.99. The van der Waals surface area contributed by atoms with Crippen LogP contribution in [-0.4, -0.2) is 36.2 Å². The maximum Gasteiger partial charge on any atom is 0.133 e. The number of allylic oxidation sites excluding steroid dienone is 3. The highest BCUT2D eigenvalue weighted by Crippen LogP contribution is 2.33. The van der Waals surface area contributed by atoms with Crippen LogP contribution < -0.4 is 10.1 Å². The summed E-state index contributed by atoms with van der Waals surface area (Å²) in [4.78, 5) is 12.0. The zero-order chi connectivity index (χ0) is 28.8. The fourth-order valence-electron chi connectivity index (χ4n) is 3.87. The maximum absolute atomic E-state index is 6.57. The molecule has 0 aliphatic carbocycles. The Morgan fingerprint density at radius 3 is 2.59 bits per heavy atom. The number of hydrogen-bond acceptors (Lipinski definition) is 5. The zero-order valence-electron chi connectivity index (χ0n) is 25.1. The highest BCUT2D eigenvalue weighted by molar-refractivity contribution is 8.06. The predicted molar refractivity (Wildman–Crippen MR) is 170 cm³/mol. The minimum Gasteiger partial charge on any atom is -0.490 e. The van der Waals surface area contributed by atoms with Gasteiger partial charge in [0.15, 0.2) is 0 Å². The Labute approximate surface area is 240 Å². The van der Waals surface area contributed by atoms with Crippen LogP contribution in [0.25, 0.3) is 11.3 Å². The van der Waals surface area contributed by atoms with E-state index in [0.29, 0.717) is 0 Å². The minimum atomic E-state index is -0.0853. The van der Waals surface area contributed by atoms with Crippen LogP contribution in [-0.2, 0) is 4.74 Å². The monoisotopic (exact) mass is 549 g/mol. The van der Waals surface area contributed by atoms with Gasteiger partial charge in [0.1, 0.15) is 17.7 Å². The van der Waals surface area contributed by atoms with E-state index in [1.54, 1.807) is 11.8 Å². The molecule has 39 heavy (non-hydrogen) atoms. The largest absolute Gasteiger partial charge is 0.490 e. The lowest BCUT2D eigenvalue weighted by molar-refractivity contribution is 0.0253. The van der Waals surface area contributed by atoms with Gasteiger partial charge in [-0.25, -0.2) is 0 Å². The molecule has 1 fully saturated rings. The van der Waals surface area contributed by atoms with Gasteiger partial charge < -0.3 is 14.8 Å². The summed E-state index contributed by atoms with van der Waals surface area (Å²) in [5, 5.41) is 3.46. The average Bonchev–Trinajstić information content (AvgIpc) is 2.95. The Morgan fingerprint density at radius 1 is 1.26 bits per heavy atom. The molecule has 2 aromatic rings. The standard InChI is InChI=1S/C31H41N3O2S.C2H6/c1-8-10-15-32-31(34-24(6)25(7)37-22(4)9-2)28-18-26(29-12-11-21(3)20-33-29)19-30(23(28)5)36-27-13-16-35-17-14-27;1-2/h9-12,15,18-20,24,27H,7-8,13-14,16-17H2,1-6H3,(H,32,34);1-2H3/b15-10+,22-9-;. The molecule has 0 saturated carbocycles. The number of thioether (sulfide) groups is 1. The number of aryl methyl sites for hydroxylation is 1. The molecular formula is C33H47N3O2S. The Bertz CT molecular complexity index is 1150. The van der Waals surface area contributed by atoms with Crippen molar-refractivity contribution in [2.45, 2.75) is 86.8 Å². The van der Waals surface area contributed by atoms with Crippen LogP contribution in [0.3, 0.4) is 0 Å². The molecule has 5 nitrogen and oxygen atoms in total. The molecule has 1 aliphatic rings. The van der Waals surface area contributed by atoms with E-state index in [2.05, 4.69) is 76.0 Å². The van der Waals surface area contributed by atoms with Gasteiger partial charge in [-0.1, -0.05) is 57.3 Å². The molecule has 1 atom stereocenters. The molecule has 1 saturated heterocycles. The summed E-state index contributed by atoms with van der Waals surface area (Å²) in [6, 6.07) is 8.33. The van der Waals surface area contributed by atoms with E-state index in [-0.39, 0.29) is 12.1 Å². The minimum absolute atomic E-state index is 0.0853. The molecule has 1 N–H and O–H groups in total. The zero-order valence-corrected chi connectivity index (χ0v) is 26.0. The molecule has 1 aromatic heterocycles. The molecule has 212 valence electrons. The van der Waals surface area contributed by atoms with Gasteiger partial charge >= 0.3 is 0 Å². The van der Waals surface area contributed by atoms with Crippen LogP contribution in [0.4, 0.5) is 0 Å². The van der Waals surface area contributed by atoms with E-state index < -0.39 is 0 Å². The highest BCUT2D eigenvalue weighted by atomic mass is 32.2. The van der Waals surface area contributed by atoms with Crippen LogP contribution in [0.5, 0.6) is 5.75 Å². The molecule has 2 heterocycles. The van der Waals surface area contributed by atoms with E-state index in [1.807, 2.05) is 40.1 Å². The number of pyridine rings is 1. The van der Waals surface area contributed by atoms with Crippen molar-refractivity contribution in [3.05, 3.63) is 81.9 Å². The van der Waals surface area contributed by atoms with Crippen LogP contribution >= 0.6 is 11.8 Å². The van der Waals surface area contributed by atoms with Crippen LogP contribution in [0, 0.1) is 13.8 Å². The predicted octanol–water partition coefficient (Wildman–Crippen LogP) is 8.77. The molecule has 3 rings (SSSR count). The first-order valence-electron chi connectivity index (χ1n) is 14.1.